The van der Waals surface area contributed by atoms with Crippen LogP contribution in [0.1, 0.15) is 29.0 Å². The van der Waals surface area contributed by atoms with E-state index in [9.17, 15) is 5.11 Å². The SMILES string of the molecule is [O-]C1=C[N+](=Cc2ccco2)[C@@H](c2ccccc2)[C@@H](c2ccccc2)O1. The number of rotatable bonds is 3. The molecular weight excluding hydrogens is 314 g/mol. The van der Waals surface area contributed by atoms with E-state index in [1.807, 2.05) is 83.6 Å². The molecule has 0 fully saturated rings. The van der Waals surface area contributed by atoms with Crippen LogP contribution in [0.15, 0.2) is 95.6 Å². The van der Waals surface area contributed by atoms with E-state index < -0.39 is 6.10 Å². The van der Waals surface area contributed by atoms with Gasteiger partial charge in [-0.25, -0.2) is 0 Å². The lowest BCUT2D eigenvalue weighted by atomic mass is 9.94. The summed E-state index contributed by atoms with van der Waals surface area (Å²) in [6.45, 7) is 0. The van der Waals surface area contributed by atoms with Crippen LogP contribution >= 0.6 is 0 Å². The standard InChI is InChI=1S/C21H17NO3/c23-19-15-22(14-18-12-7-13-24-18)20(16-8-3-1-4-9-16)21(25-19)17-10-5-2-6-11-17/h1-15,20-21H/t20-,21+/m0/s1. The van der Waals surface area contributed by atoms with Crippen LogP contribution in [-0.4, -0.2) is 10.8 Å². The maximum absolute atomic E-state index is 12.2. The molecule has 2 atom stereocenters. The van der Waals surface area contributed by atoms with Crippen LogP contribution in [0.25, 0.3) is 0 Å². The number of nitrogens with zero attached hydrogens (tertiary/aromatic N) is 1. The van der Waals surface area contributed by atoms with Gasteiger partial charge >= 0.3 is 0 Å². The second-order valence-corrected chi connectivity index (χ2v) is 5.84. The molecule has 2 aromatic carbocycles. The van der Waals surface area contributed by atoms with E-state index in [1.54, 1.807) is 6.26 Å². The van der Waals surface area contributed by atoms with Crippen LogP contribution in [0.3, 0.4) is 0 Å². The highest BCUT2D eigenvalue weighted by Crippen LogP contribution is 2.38. The van der Waals surface area contributed by atoms with Gasteiger partial charge in [-0.05, 0) is 17.7 Å². The Hall–Kier alpha value is -3.27. The molecular formula is C21H17NO3. The van der Waals surface area contributed by atoms with Crippen molar-refractivity contribution in [3.63, 3.8) is 0 Å². The molecule has 2 heterocycles. The molecule has 124 valence electrons. The first-order valence-corrected chi connectivity index (χ1v) is 8.12. The monoisotopic (exact) mass is 331 g/mol. The van der Waals surface area contributed by atoms with Gasteiger partial charge in [0.25, 0.3) is 0 Å². The molecule has 4 nitrogen and oxygen atoms in total. The Morgan fingerprint density at radius 3 is 2.16 bits per heavy atom. The molecule has 4 heteroatoms. The lowest BCUT2D eigenvalue weighted by Crippen LogP contribution is -2.32. The van der Waals surface area contributed by atoms with E-state index >= 15 is 0 Å². The Labute approximate surface area is 145 Å². The molecule has 1 aliphatic rings. The summed E-state index contributed by atoms with van der Waals surface area (Å²) in [4.78, 5) is 0. The lowest BCUT2D eigenvalue weighted by molar-refractivity contribution is -0.554. The second-order valence-electron chi connectivity index (χ2n) is 5.84. The summed E-state index contributed by atoms with van der Waals surface area (Å²) in [5, 5.41) is 12.2. The normalized spacial score (nSPS) is 21.6. The molecule has 0 N–H and O–H groups in total. The number of furan rings is 1. The Morgan fingerprint density at radius 1 is 0.840 bits per heavy atom. The van der Waals surface area contributed by atoms with Gasteiger partial charge in [-0.1, -0.05) is 60.7 Å². The molecule has 0 bridgehead atoms. The summed E-state index contributed by atoms with van der Waals surface area (Å²) in [5.74, 6) is 0.308. The van der Waals surface area contributed by atoms with Gasteiger partial charge in [0.2, 0.25) is 6.21 Å². The van der Waals surface area contributed by atoms with Gasteiger partial charge in [-0.15, -0.1) is 0 Å². The van der Waals surface area contributed by atoms with E-state index in [0.29, 0.717) is 5.76 Å². The molecule has 4 rings (SSSR count). The zero-order valence-corrected chi connectivity index (χ0v) is 13.5. The third-order valence-electron chi connectivity index (χ3n) is 4.19. The minimum Gasteiger partial charge on any atom is -0.594 e. The first-order valence-electron chi connectivity index (χ1n) is 8.12. The fourth-order valence-corrected chi connectivity index (χ4v) is 3.10. The summed E-state index contributed by atoms with van der Waals surface area (Å²) < 4.78 is 13.0. The highest BCUT2D eigenvalue weighted by atomic mass is 16.6. The van der Waals surface area contributed by atoms with Crippen LogP contribution in [-0.2, 0) is 4.74 Å². The molecule has 0 saturated heterocycles. The van der Waals surface area contributed by atoms with Gasteiger partial charge < -0.3 is 14.3 Å². The van der Waals surface area contributed by atoms with Gasteiger partial charge in [0.15, 0.2) is 18.0 Å². The Balaban J connectivity index is 1.85. The topological polar surface area (TPSA) is 48.4 Å². The van der Waals surface area contributed by atoms with Crippen molar-refractivity contribution in [1.82, 2.24) is 0 Å². The van der Waals surface area contributed by atoms with Crippen LogP contribution in [0, 0.1) is 0 Å². The number of ether oxygens (including phenoxy) is 1. The average Bonchev–Trinajstić information content (AvgIpc) is 3.16. The van der Waals surface area contributed by atoms with Gasteiger partial charge in [0.1, 0.15) is 5.95 Å². The van der Waals surface area contributed by atoms with Crippen molar-refractivity contribution in [1.29, 1.82) is 0 Å². The third-order valence-corrected chi connectivity index (χ3v) is 4.19. The minimum absolute atomic E-state index is 0.175. The van der Waals surface area contributed by atoms with E-state index in [0.717, 1.165) is 11.1 Å². The van der Waals surface area contributed by atoms with E-state index in [2.05, 4.69) is 0 Å². The molecule has 1 aliphatic heterocycles. The van der Waals surface area contributed by atoms with Gasteiger partial charge in [-0.3, -0.25) is 0 Å². The maximum atomic E-state index is 12.2. The highest BCUT2D eigenvalue weighted by Gasteiger charge is 2.34. The molecule has 0 radical (unpaired) electrons. The van der Waals surface area contributed by atoms with Crippen LogP contribution < -0.4 is 5.11 Å². The van der Waals surface area contributed by atoms with Crippen molar-refractivity contribution < 1.29 is 18.8 Å². The predicted octanol–water partition coefficient (Wildman–Crippen LogP) is 3.38. The largest absolute Gasteiger partial charge is 0.594 e. The smallest absolute Gasteiger partial charge is 0.212 e. The molecule has 0 saturated carbocycles. The zero-order chi connectivity index (χ0) is 17.1. The van der Waals surface area contributed by atoms with Crippen molar-refractivity contribution in [2.75, 3.05) is 0 Å². The van der Waals surface area contributed by atoms with Crippen LogP contribution in [0.2, 0.25) is 0 Å². The fourth-order valence-electron chi connectivity index (χ4n) is 3.10. The van der Waals surface area contributed by atoms with Gasteiger partial charge in [0, 0.05) is 5.56 Å². The number of benzene rings is 2. The summed E-state index contributed by atoms with van der Waals surface area (Å²) in [6.07, 6.45) is 4.50. The summed E-state index contributed by atoms with van der Waals surface area (Å²) in [7, 11) is 0. The number of hydrogen-bond donors (Lipinski definition) is 0. The highest BCUT2D eigenvalue weighted by molar-refractivity contribution is 5.71. The average molecular weight is 331 g/mol. The Morgan fingerprint density at radius 2 is 1.52 bits per heavy atom. The molecule has 0 unspecified atom stereocenters. The molecule has 25 heavy (non-hydrogen) atoms. The van der Waals surface area contributed by atoms with Crippen LogP contribution in [0.5, 0.6) is 0 Å². The molecule has 0 amide bonds. The second kappa shape index (κ2) is 6.69. The van der Waals surface area contributed by atoms with Crippen molar-refractivity contribution in [2.24, 2.45) is 0 Å². The minimum atomic E-state index is -0.410. The third kappa shape index (κ3) is 3.19. The van der Waals surface area contributed by atoms with Crippen molar-refractivity contribution >= 4 is 6.21 Å². The predicted molar refractivity (Wildman–Crippen MR) is 91.7 cm³/mol. The van der Waals surface area contributed by atoms with Crippen molar-refractivity contribution in [2.45, 2.75) is 12.1 Å². The van der Waals surface area contributed by atoms with Crippen molar-refractivity contribution in [3.8, 4) is 0 Å². The molecule has 3 aromatic rings. The Bertz CT molecular complexity index is 883. The van der Waals surface area contributed by atoms with Gasteiger partial charge in [0.05, 0.1) is 12.4 Å². The van der Waals surface area contributed by atoms with E-state index in [4.69, 9.17) is 9.15 Å². The molecule has 0 spiro atoms. The van der Waals surface area contributed by atoms with Crippen LogP contribution in [0.4, 0.5) is 0 Å². The summed E-state index contributed by atoms with van der Waals surface area (Å²) in [5.41, 5.74) is 2.01. The Kier molecular flexibility index (Phi) is 4.09. The first-order chi connectivity index (χ1) is 12.3. The summed E-state index contributed by atoms with van der Waals surface area (Å²) in [6, 6.07) is 23.3. The van der Waals surface area contributed by atoms with Gasteiger partial charge in [-0.2, -0.15) is 4.58 Å². The maximum Gasteiger partial charge on any atom is 0.212 e. The fraction of sp³-hybridized carbons (Fsp3) is 0.0952. The molecule has 1 aromatic heterocycles. The number of hydrogen-bond acceptors (Lipinski definition) is 3. The van der Waals surface area contributed by atoms with Crippen molar-refractivity contribution in [3.05, 3.63) is 108 Å². The van der Waals surface area contributed by atoms with E-state index in [1.165, 1.54) is 6.20 Å². The quantitative estimate of drug-likeness (QED) is 0.691. The summed E-state index contributed by atoms with van der Waals surface area (Å²) >= 11 is 0. The first kappa shape index (κ1) is 15.3. The molecule has 0 aliphatic carbocycles. The zero-order valence-electron chi connectivity index (χ0n) is 13.5. The lowest BCUT2D eigenvalue weighted by Gasteiger charge is -2.35. The van der Waals surface area contributed by atoms with E-state index in [-0.39, 0.29) is 12.0 Å².